The molecule has 1 aliphatic rings. The zero-order valence-electron chi connectivity index (χ0n) is 14.9. The largest absolute Gasteiger partial charge is 0.352 e. The first kappa shape index (κ1) is 18.5. The Morgan fingerprint density at radius 3 is 2.77 bits per heavy atom. The number of nitrogens with one attached hydrogen (secondary N) is 1. The van der Waals surface area contributed by atoms with Crippen molar-refractivity contribution in [3.63, 3.8) is 0 Å². The van der Waals surface area contributed by atoms with Crippen LogP contribution in [0.4, 0.5) is 0 Å². The fourth-order valence-electron chi connectivity index (χ4n) is 3.34. The molecule has 3 rings (SSSR count). The van der Waals surface area contributed by atoms with Crippen LogP contribution in [0.1, 0.15) is 34.3 Å². The van der Waals surface area contributed by atoms with Gasteiger partial charge in [-0.2, -0.15) is 0 Å². The summed E-state index contributed by atoms with van der Waals surface area (Å²) >= 11 is 6.14. The van der Waals surface area contributed by atoms with Gasteiger partial charge in [0.2, 0.25) is 5.91 Å². The second kappa shape index (κ2) is 8.37. The van der Waals surface area contributed by atoms with Gasteiger partial charge in [0.1, 0.15) is 0 Å². The number of likely N-dealkylation sites (tertiary alicyclic amines) is 1. The van der Waals surface area contributed by atoms with E-state index in [1.807, 2.05) is 25.1 Å². The third-order valence-corrected chi connectivity index (χ3v) is 5.06. The fourth-order valence-corrected chi connectivity index (χ4v) is 3.55. The van der Waals surface area contributed by atoms with E-state index in [1.165, 1.54) is 5.56 Å². The van der Waals surface area contributed by atoms with E-state index in [4.69, 9.17) is 11.6 Å². The van der Waals surface area contributed by atoms with Crippen molar-refractivity contribution in [2.24, 2.45) is 5.92 Å². The summed E-state index contributed by atoms with van der Waals surface area (Å²) in [5, 5.41) is 3.45. The van der Waals surface area contributed by atoms with Gasteiger partial charge in [-0.1, -0.05) is 53.6 Å². The van der Waals surface area contributed by atoms with E-state index < -0.39 is 0 Å². The van der Waals surface area contributed by atoms with Crippen molar-refractivity contribution in [2.45, 2.75) is 26.3 Å². The molecule has 1 unspecified atom stereocenters. The smallest absolute Gasteiger partial charge is 0.255 e. The first-order valence-electron chi connectivity index (χ1n) is 8.91. The van der Waals surface area contributed by atoms with E-state index >= 15 is 0 Å². The minimum Gasteiger partial charge on any atom is -0.352 e. The van der Waals surface area contributed by atoms with E-state index in [9.17, 15) is 9.59 Å². The Balaban J connectivity index is 1.60. The van der Waals surface area contributed by atoms with Crippen LogP contribution in [0.5, 0.6) is 0 Å². The van der Waals surface area contributed by atoms with Crippen molar-refractivity contribution in [3.05, 3.63) is 70.2 Å². The molecule has 2 amide bonds. The highest BCUT2D eigenvalue weighted by molar-refractivity contribution is 6.33. The predicted molar refractivity (Wildman–Crippen MR) is 103 cm³/mol. The number of hydrogen-bond donors (Lipinski definition) is 1. The quantitative estimate of drug-likeness (QED) is 0.889. The molecule has 0 aromatic heterocycles. The number of carbonyl (C=O) groups is 2. The van der Waals surface area contributed by atoms with Gasteiger partial charge in [-0.25, -0.2) is 0 Å². The van der Waals surface area contributed by atoms with Gasteiger partial charge in [-0.05, 0) is 37.5 Å². The summed E-state index contributed by atoms with van der Waals surface area (Å²) in [6.45, 7) is 3.63. The third kappa shape index (κ3) is 4.44. The SMILES string of the molecule is Cc1cccc(CNC(=O)C2CCCN(C(=O)c3ccccc3Cl)C2)c1. The lowest BCUT2D eigenvalue weighted by Gasteiger charge is -2.32. The fraction of sp³-hybridized carbons (Fsp3) is 0.333. The molecule has 1 fully saturated rings. The number of hydrogen-bond acceptors (Lipinski definition) is 2. The highest BCUT2D eigenvalue weighted by atomic mass is 35.5. The summed E-state index contributed by atoms with van der Waals surface area (Å²) in [4.78, 5) is 27.0. The average molecular weight is 371 g/mol. The molecule has 1 N–H and O–H groups in total. The van der Waals surface area contributed by atoms with Crippen LogP contribution in [0.25, 0.3) is 0 Å². The number of rotatable bonds is 4. The molecular weight excluding hydrogens is 348 g/mol. The standard InChI is InChI=1S/C21H23ClN2O2/c1-15-6-4-7-16(12-15)13-23-20(25)17-8-5-11-24(14-17)21(26)18-9-2-3-10-19(18)22/h2-4,6-7,9-10,12,17H,5,8,11,13-14H2,1H3,(H,23,25). The maximum absolute atomic E-state index is 12.7. The van der Waals surface area contributed by atoms with Crippen molar-refractivity contribution in [1.82, 2.24) is 10.2 Å². The number of piperidine rings is 1. The lowest BCUT2D eigenvalue weighted by molar-refractivity contribution is -0.126. The lowest BCUT2D eigenvalue weighted by Crippen LogP contribution is -2.45. The van der Waals surface area contributed by atoms with Gasteiger partial charge in [0, 0.05) is 19.6 Å². The monoisotopic (exact) mass is 370 g/mol. The maximum Gasteiger partial charge on any atom is 0.255 e. The summed E-state index contributed by atoms with van der Waals surface area (Å²) in [7, 11) is 0. The number of amides is 2. The van der Waals surface area contributed by atoms with Crippen LogP contribution in [0.15, 0.2) is 48.5 Å². The molecule has 0 aliphatic carbocycles. The van der Waals surface area contributed by atoms with E-state index in [0.717, 1.165) is 18.4 Å². The van der Waals surface area contributed by atoms with Gasteiger partial charge in [-0.3, -0.25) is 9.59 Å². The molecule has 2 aromatic rings. The van der Waals surface area contributed by atoms with Gasteiger partial charge in [0.15, 0.2) is 0 Å². The first-order valence-corrected chi connectivity index (χ1v) is 9.29. The lowest BCUT2D eigenvalue weighted by atomic mass is 9.96. The van der Waals surface area contributed by atoms with Gasteiger partial charge in [0.25, 0.3) is 5.91 Å². The molecule has 26 heavy (non-hydrogen) atoms. The van der Waals surface area contributed by atoms with Crippen LogP contribution >= 0.6 is 11.6 Å². The molecule has 0 radical (unpaired) electrons. The molecule has 0 bridgehead atoms. The Bertz CT molecular complexity index is 806. The molecule has 0 spiro atoms. The minimum absolute atomic E-state index is 0.00293. The van der Waals surface area contributed by atoms with Crippen molar-refractivity contribution in [2.75, 3.05) is 13.1 Å². The Hall–Kier alpha value is -2.33. The molecule has 5 heteroatoms. The van der Waals surface area contributed by atoms with Gasteiger partial charge < -0.3 is 10.2 Å². The second-order valence-corrected chi connectivity index (χ2v) is 7.18. The van der Waals surface area contributed by atoms with Crippen molar-refractivity contribution < 1.29 is 9.59 Å². The molecule has 2 aromatic carbocycles. The summed E-state index contributed by atoms with van der Waals surface area (Å²) < 4.78 is 0. The molecule has 1 aliphatic heterocycles. The third-order valence-electron chi connectivity index (χ3n) is 4.73. The molecular formula is C21H23ClN2O2. The molecule has 0 saturated carbocycles. The average Bonchev–Trinajstić information content (AvgIpc) is 2.66. The summed E-state index contributed by atoms with van der Waals surface area (Å²) in [5.41, 5.74) is 2.75. The Labute approximate surface area is 159 Å². The minimum atomic E-state index is -0.181. The van der Waals surface area contributed by atoms with Crippen LogP contribution in [0.2, 0.25) is 5.02 Å². The van der Waals surface area contributed by atoms with E-state index in [-0.39, 0.29) is 17.7 Å². The zero-order chi connectivity index (χ0) is 18.5. The number of nitrogens with zero attached hydrogens (tertiary/aromatic N) is 1. The van der Waals surface area contributed by atoms with Crippen LogP contribution in [0.3, 0.4) is 0 Å². The van der Waals surface area contributed by atoms with E-state index in [2.05, 4.69) is 11.4 Å². The Kier molecular flexibility index (Phi) is 5.94. The molecule has 4 nitrogen and oxygen atoms in total. The molecule has 136 valence electrons. The van der Waals surface area contributed by atoms with Gasteiger partial charge in [0.05, 0.1) is 16.5 Å². The topological polar surface area (TPSA) is 49.4 Å². The molecule has 1 saturated heterocycles. The highest BCUT2D eigenvalue weighted by Gasteiger charge is 2.29. The number of benzene rings is 2. The van der Waals surface area contributed by atoms with Crippen molar-refractivity contribution in [3.8, 4) is 0 Å². The molecule has 1 heterocycles. The van der Waals surface area contributed by atoms with Crippen LogP contribution in [-0.4, -0.2) is 29.8 Å². The van der Waals surface area contributed by atoms with E-state index in [1.54, 1.807) is 29.2 Å². The summed E-state index contributed by atoms with van der Waals surface area (Å²) in [6.07, 6.45) is 1.62. The van der Waals surface area contributed by atoms with Crippen molar-refractivity contribution in [1.29, 1.82) is 0 Å². The first-order chi connectivity index (χ1) is 12.5. The Morgan fingerprint density at radius 1 is 1.19 bits per heavy atom. The van der Waals surface area contributed by atoms with Crippen LogP contribution < -0.4 is 5.32 Å². The maximum atomic E-state index is 12.7. The number of aryl methyl sites for hydroxylation is 1. The van der Waals surface area contributed by atoms with Crippen LogP contribution in [-0.2, 0) is 11.3 Å². The van der Waals surface area contributed by atoms with E-state index in [0.29, 0.717) is 30.2 Å². The van der Waals surface area contributed by atoms with Gasteiger partial charge in [-0.15, -0.1) is 0 Å². The van der Waals surface area contributed by atoms with Crippen LogP contribution in [0, 0.1) is 12.8 Å². The van der Waals surface area contributed by atoms with Gasteiger partial charge >= 0.3 is 0 Å². The predicted octanol–water partition coefficient (Wildman–Crippen LogP) is 3.82. The summed E-state index contributed by atoms with van der Waals surface area (Å²) in [5.74, 6) is -0.282. The van der Waals surface area contributed by atoms with Crippen molar-refractivity contribution >= 4 is 23.4 Å². The summed E-state index contributed by atoms with van der Waals surface area (Å²) in [6, 6.07) is 15.1. The highest BCUT2D eigenvalue weighted by Crippen LogP contribution is 2.22. The Morgan fingerprint density at radius 2 is 2.00 bits per heavy atom. The second-order valence-electron chi connectivity index (χ2n) is 6.78. The number of carbonyl (C=O) groups excluding carboxylic acids is 2. The molecule has 1 atom stereocenters. The number of halogens is 1. The normalized spacial score (nSPS) is 17.0. The zero-order valence-corrected chi connectivity index (χ0v) is 15.6.